The van der Waals surface area contributed by atoms with Gasteiger partial charge in [0.05, 0.1) is 16.3 Å². The van der Waals surface area contributed by atoms with E-state index in [1.165, 1.54) is 6.21 Å². The van der Waals surface area contributed by atoms with Crippen LogP contribution < -0.4 is 16.3 Å². The Balaban J connectivity index is 1.93. The Morgan fingerprint density at radius 3 is 2.95 bits per heavy atom. The van der Waals surface area contributed by atoms with Crippen LogP contribution >= 0.6 is 23.2 Å². The van der Waals surface area contributed by atoms with Crippen molar-refractivity contribution in [2.75, 3.05) is 0 Å². The molecule has 1 fully saturated rings. The minimum Gasteiger partial charge on any atom is -0.271 e. The fourth-order valence-corrected chi connectivity index (χ4v) is 2.11. The third kappa shape index (κ3) is 3.67. The molecule has 0 aromatic heterocycles. The van der Waals surface area contributed by atoms with Crippen LogP contribution in [0.3, 0.4) is 0 Å². The van der Waals surface area contributed by atoms with Gasteiger partial charge in [0.2, 0.25) is 0 Å². The van der Waals surface area contributed by atoms with Crippen molar-refractivity contribution in [2.24, 2.45) is 5.10 Å². The molecule has 1 aromatic carbocycles. The maximum Gasteiger partial charge on any atom is 0.258 e. The van der Waals surface area contributed by atoms with Crippen LogP contribution in [0.15, 0.2) is 23.3 Å². The second kappa shape index (κ2) is 6.34. The number of nitrogens with zero attached hydrogens (tertiary/aromatic N) is 1. The third-order valence-electron chi connectivity index (χ3n) is 2.77. The Hall–Kier alpha value is -1.14. The fourth-order valence-electron chi connectivity index (χ4n) is 1.75. The van der Waals surface area contributed by atoms with E-state index in [4.69, 9.17) is 23.2 Å². The highest BCUT2D eigenvalue weighted by molar-refractivity contribution is 6.43. The zero-order valence-corrected chi connectivity index (χ0v) is 11.8. The van der Waals surface area contributed by atoms with Crippen LogP contribution in [-0.4, -0.2) is 24.2 Å². The number of amides is 1. The monoisotopic (exact) mass is 300 g/mol. The first kappa shape index (κ1) is 14.3. The highest BCUT2D eigenvalue weighted by Crippen LogP contribution is 2.24. The minimum atomic E-state index is -0.276. The Morgan fingerprint density at radius 2 is 2.26 bits per heavy atom. The second-order valence-corrected chi connectivity index (χ2v) is 5.14. The number of halogens is 2. The number of carbonyl (C=O) groups is 1. The molecule has 7 heteroatoms. The molecule has 1 amide bonds. The quantitative estimate of drug-likeness (QED) is 0.588. The van der Waals surface area contributed by atoms with Gasteiger partial charge in [-0.05, 0) is 19.4 Å². The van der Waals surface area contributed by atoms with Crippen LogP contribution in [0, 0.1) is 0 Å². The van der Waals surface area contributed by atoms with Crippen LogP contribution in [0.2, 0.25) is 10.0 Å². The Labute approximate surface area is 121 Å². The Morgan fingerprint density at radius 1 is 1.47 bits per heavy atom. The van der Waals surface area contributed by atoms with E-state index in [0.29, 0.717) is 15.6 Å². The van der Waals surface area contributed by atoms with E-state index in [1.807, 2.05) is 6.92 Å². The molecule has 0 saturated carbocycles. The highest BCUT2D eigenvalue weighted by Gasteiger charge is 2.26. The van der Waals surface area contributed by atoms with Gasteiger partial charge in [0.25, 0.3) is 5.91 Å². The van der Waals surface area contributed by atoms with Crippen molar-refractivity contribution in [1.29, 1.82) is 0 Å². The van der Waals surface area contributed by atoms with Crippen molar-refractivity contribution in [3.8, 4) is 0 Å². The number of hydrogen-bond donors (Lipinski definition) is 3. The van der Waals surface area contributed by atoms with Crippen molar-refractivity contribution >= 4 is 35.3 Å². The summed E-state index contributed by atoms with van der Waals surface area (Å²) < 4.78 is 0. The van der Waals surface area contributed by atoms with Gasteiger partial charge in [-0.25, -0.2) is 10.9 Å². The zero-order valence-electron chi connectivity index (χ0n) is 10.3. The molecule has 1 aliphatic rings. The smallest absolute Gasteiger partial charge is 0.258 e. The number of nitrogens with one attached hydrogen (secondary N) is 3. The summed E-state index contributed by atoms with van der Waals surface area (Å²) in [6, 6.07) is 5.21. The molecule has 1 aliphatic heterocycles. The van der Waals surface area contributed by atoms with E-state index in [-0.39, 0.29) is 18.0 Å². The summed E-state index contributed by atoms with van der Waals surface area (Å²) in [5.74, 6) is -0.189. The molecule has 1 aromatic rings. The first-order valence-corrected chi connectivity index (χ1v) is 6.61. The lowest BCUT2D eigenvalue weighted by Gasteiger charge is -2.06. The van der Waals surface area contributed by atoms with Crippen LogP contribution in [0.1, 0.15) is 18.9 Å². The SMILES string of the molecule is CC1CC(C(=O)N/N=C/c2cccc(Cl)c2Cl)NN1. The molecular weight excluding hydrogens is 287 g/mol. The van der Waals surface area contributed by atoms with Crippen molar-refractivity contribution in [3.63, 3.8) is 0 Å². The zero-order chi connectivity index (χ0) is 13.8. The van der Waals surface area contributed by atoms with Crippen LogP contribution in [-0.2, 0) is 4.79 Å². The molecule has 1 heterocycles. The first-order valence-electron chi connectivity index (χ1n) is 5.86. The average Bonchev–Trinajstić information content (AvgIpc) is 2.81. The molecule has 2 atom stereocenters. The Bertz CT molecular complexity index is 507. The van der Waals surface area contributed by atoms with Gasteiger partial charge < -0.3 is 0 Å². The van der Waals surface area contributed by atoms with E-state index in [2.05, 4.69) is 21.4 Å². The van der Waals surface area contributed by atoms with Crippen molar-refractivity contribution in [2.45, 2.75) is 25.4 Å². The van der Waals surface area contributed by atoms with Gasteiger partial charge in [0, 0.05) is 11.6 Å². The third-order valence-corrected chi connectivity index (χ3v) is 3.60. The lowest BCUT2D eigenvalue weighted by Crippen LogP contribution is -2.41. The molecule has 5 nitrogen and oxygen atoms in total. The summed E-state index contributed by atoms with van der Waals surface area (Å²) >= 11 is 11.9. The topological polar surface area (TPSA) is 65.5 Å². The van der Waals surface area contributed by atoms with Crippen molar-refractivity contribution in [3.05, 3.63) is 33.8 Å². The van der Waals surface area contributed by atoms with Crippen LogP contribution in [0.25, 0.3) is 0 Å². The van der Waals surface area contributed by atoms with Gasteiger partial charge >= 0.3 is 0 Å². The van der Waals surface area contributed by atoms with E-state index in [9.17, 15) is 4.79 Å². The number of rotatable bonds is 3. The van der Waals surface area contributed by atoms with E-state index in [0.717, 1.165) is 6.42 Å². The van der Waals surface area contributed by atoms with E-state index < -0.39 is 0 Å². The summed E-state index contributed by atoms with van der Waals surface area (Å²) in [6.07, 6.45) is 2.19. The summed E-state index contributed by atoms with van der Waals surface area (Å²) in [5.41, 5.74) is 8.99. The maximum absolute atomic E-state index is 11.7. The largest absolute Gasteiger partial charge is 0.271 e. The molecule has 0 bridgehead atoms. The lowest BCUT2D eigenvalue weighted by atomic mass is 10.1. The molecule has 0 radical (unpaired) electrons. The second-order valence-electron chi connectivity index (χ2n) is 4.36. The Kier molecular flexibility index (Phi) is 4.76. The molecule has 2 rings (SSSR count). The van der Waals surface area contributed by atoms with E-state index >= 15 is 0 Å². The van der Waals surface area contributed by atoms with Gasteiger partial charge in [-0.15, -0.1) is 0 Å². The standard InChI is InChI=1S/C12H14Cl2N4O/c1-7-5-10(17-16-7)12(19)18-15-6-8-3-2-4-9(13)11(8)14/h2-4,6-7,10,16-17H,5H2,1H3,(H,18,19)/b15-6+. The number of hydrogen-bond acceptors (Lipinski definition) is 4. The number of carbonyl (C=O) groups excluding carboxylic acids is 1. The van der Waals surface area contributed by atoms with Crippen molar-refractivity contribution < 1.29 is 4.79 Å². The predicted molar refractivity (Wildman–Crippen MR) is 76.3 cm³/mol. The maximum atomic E-state index is 11.7. The summed E-state index contributed by atoms with van der Waals surface area (Å²) in [5, 5.41) is 4.74. The molecule has 2 unspecified atom stereocenters. The fraction of sp³-hybridized carbons (Fsp3) is 0.333. The van der Waals surface area contributed by atoms with Crippen molar-refractivity contribution in [1.82, 2.24) is 16.3 Å². The molecule has 1 saturated heterocycles. The van der Waals surface area contributed by atoms with Crippen LogP contribution in [0.4, 0.5) is 0 Å². The highest BCUT2D eigenvalue weighted by atomic mass is 35.5. The van der Waals surface area contributed by atoms with Gasteiger partial charge in [-0.3, -0.25) is 10.2 Å². The predicted octanol–water partition coefficient (Wildman–Crippen LogP) is 1.70. The molecule has 0 spiro atoms. The van der Waals surface area contributed by atoms with Gasteiger partial charge in [0.15, 0.2) is 0 Å². The lowest BCUT2D eigenvalue weighted by molar-refractivity contribution is -0.122. The molecule has 0 aliphatic carbocycles. The molecular formula is C12H14Cl2N4O. The van der Waals surface area contributed by atoms with Crippen LogP contribution in [0.5, 0.6) is 0 Å². The van der Waals surface area contributed by atoms with Gasteiger partial charge in [0.1, 0.15) is 6.04 Å². The van der Waals surface area contributed by atoms with Gasteiger partial charge in [-0.1, -0.05) is 35.3 Å². The number of benzene rings is 1. The number of hydrazone groups is 1. The molecule has 102 valence electrons. The summed E-state index contributed by atoms with van der Waals surface area (Å²) in [4.78, 5) is 11.7. The van der Waals surface area contributed by atoms with E-state index in [1.54, 1.807) is 18.2 Å². The minimum absolute atomic E-state index is 0.189. The first-order chi connectivity index (χ1) is 9.08. The van der Waals surface area contributed by atoms with Gasteiger partial charge in [-0.2, -0.15) is 5.10 Å². The molecule has 3 N–H and O–H groups in total. The molecule has 19 heavy (non-hydrogen) atoms. The average molecular weight is 301 g/mol. The summed E-state index contributed by atoms with van der Waals surface area (Å²) in [7, 11) is 0. The normalized spacial score (nSPS) is 22.9. The number of hydrazine groups is 1. The summed E-state index contributed by atoms with van der Waals surface area (Å²) in [6.45, 7) is 2.00.